The molecule has 5 aromatic rings. The Hall–Kier alpha value is -3.76. The Morgan fingerprint density at radius 2 is 0.976 bits per heavy atom. The number of carbonyl (C=O) groups excluding carboxylic acids is 1. The highest BCUT2D eigenvalue weighted by Crippen LogP contribution is 2.69. The molecule has 208 valence electrons. The largest absolute Gasteiger partial charge is 0.289 e. The number of benzene rings is 5. The monoisotopic (exact) mass is 606 g/mol. The number of halogens is 2. The summed E-state index contributed by atoms with van der Waals surface area (Å²) in [5.74, 6) is -1.02. The lowest BCUT2D eigenvalue weighted by Crippen LogP contribution is -2.13. The average Bonchev–Trinajstić information content (AvgIpc) is 2.97. The predicted octanol–water partition coefficient (Wildman–Crippen LogP) is 8.52. The summed E-state index contributed by atoms with van der Waals surface area (Å²) >= 11 is 1.47. The Morgan fingerprint density at radius 1 is 0.585 bits per heavy atom. The minimum absolute atomic E-state index is 0.0571. The van der Waals surface area contributed by atoms with Gasteiger partial charge in [0.05, 0.1) is 6.26 Å². The molecule has 5 aromatic carbocycles. The summed E-state index contributed by atoms with van der Waals surface area (Å²) in [7, 11) is -6.94. The van der Waals surface area contributed by atoms with Gasteiger partial charge in [0.25, 0.3) is 10.1 Å². The molecule has 0 aromatic heterocycles. The average molecular weight is 607 g/mol. The zero-order valence-electron chi connectivity index (χ0n) is 21.7. The summed E-state index contributed by atoms with van der Waals surface area (Å²) in [5.41, 5.74) is 1.20. The molecular formula is C32H24F2O4S3. The van der Waals surface area contributed by atoms with Crippen LogP contribution >= 0.6 is 22.1 Å². The first kappa shape index (κ1) is 28.8. The van der Waals surface area contributed by atoms with Crippen molar-refractivity contribution in [1.29, 1.82) is 0 Å². The van der Waals surface area contributed by atoms with E-state index in [1.807, 2.05) is 42.5 Å². The standard InChI is InChI=1S/C32H24F2O4S3/c1-40(36,37)38-41(29-17-9-25(33)10-18-29,30-19-11-26(34)12-20-30)31-21-15-28(16-22-31)39-27-13-7-24(8-14-27)32(35)23-5-3-2-4-6-23/h2-22H,1H3. The lowest BCUT2D eigenvalue weighted by atomic mass is 10.0. The van der Waals surface area contributed by atoms with Crippen molar-refractivity contribution < 1.29 is 25.6 Å². The second-order valence-electron chi connectivity index (χ2n) is 9.03. The van der Waals surface area contributed by atoms with E-state index >= 15 is 0 Å². The predicted molar refractivity (Wildman–Crippen MR) is 158 cm³/mol. The van der Waals surface area contributed by atoms with Gasteiger partial charge in [0.1, 0.15) is 11.6 Å². The number of carbonyl (C=O) groups is 1. The summed E-state index contributed by atoms with van der Waals surface area (Å²) < 4.78 is 58.8. The molecule has 0 aliphatic rings. The normalized spacial score (nSPS) is 12.2. The van der Waals surface area contributed by atoms with Gasteiger partial charge in [-0.15, -0.1) is 0 Å². The first-order chi connectivity index (χ1) is 19.6. The van der Waals surface area contributed by atoms with Crippen molar-refractivity contribution >= 4 is 38.0 Å². The summed E-state index contributed by atoms with van der Waals surface area (Å²) in [6.45, 7) is 0. The zero-order valence-corrected chi connectivity index (χ0v) is 24.2. The second-order valence-corrected chi connectivity index (χ2v) is 14.7. The van der Waals surface area contributed by atoms with E-state index in [0.29, 0.717) is 25.8 Å². The lowest BCUT2D eigenvalue weighted by molar-refractivity contribution is 0.103. The molecule has 0 fully saturated rings. The van der Waals surface area contributed by atoms with Gasteiger partial charge in [-0.1, -0.05) is 42.1 Å². The number of hydrogen-bond donors (Lipinski definition) is 0. The smallest absolute Gasteiger partial charge is 0.274 e. The van der Waals surface area contributed by atoms with E-state index in [9.17, 15) is 22.0 Å². The molecule has 0 saturated heterocycles. The number of ketones is 1. The van der Waals surface area contributed by atoms with E-state index in [1.165, 1.54) is 60.3 Å². The minimum atomic E-state index is -4.02. The molecule has 0 unspecified atom stereocenters. The van der Waals surface area contributed by atoms with Crippen molar-refractivity contribution in [3.63, 3.8) is 0 Å². The first-order valence-corrected chi connectivity index (χ1v) is 16.6. The van der Waals surface area contributed by atoms with E-state index < -0.39 is 32.1 Å². The van der Waals surface area contributed by atoms with Crippen molar-refractivity contribution in [1.82, 2.24) is 0 Å². The Kier molecular flexibility index (Phi) is 8.42. The molecule has 0 bridgehead atoms. The van der Waals surface area contributed by atoms with E-state index in [0.717, 1.165) is 16.0 Å². The third kappa shape index (κ3) is 6.60. The first-order valence-electron chi connectivity index (χ1n) is 12.4. The summed E-state index contributed by atoms with van der Waals surface area (Å²) in [5, 5.41) is 0. The Bertz CT molecular complexity index is 1710. The van der Waals surface area contributed by atoms with Crippen molar-refractivity contribution in [2.24, 2.45) is 0 Å². The van der Waals surface area contributed by atoms with E-state index in [-0.39, 0.29) is 5.78 Å². The van der Waals surface area contributed by atoms with Crippen LogP contribution in [0.2, 0.25) is 0 Å². The van der Waals surface area contributed by atoms with Crippen LogP contribution in [0, 0.1) is 11.6 Å². The van der Waals surface area contributed by atoms with E-state index in [1.54, 1.807) is 36.4 Å². The molecule has 9 heteroatoms. The van der Waals surface area contributed by atoms with Crippen LogP contribution in [0.1, 0.15) is 15.9 Å². The summed E-state index contributed by atoms with van der Waals surface area (Å²) in [4.78, 5) is 15.9. The number of hydrogen-bond acceptors (Lipinski definition) is 5. The van der Waals surface area contributed by atoms with E-state index in [2.05, 4.69) is 0 Å². The molecule has 0 amide bonds. The van der Waals surface area contributed by atoms with Crippen molar-refractivity contribution in [2.75, 3.05) is 6.26 Å². The van der Waals surface area contributed by atoms with Crippen molar-refractivity contribution in [2.45, 2.75) is 24.5 Å². The Morgan fingerprint density at radius 3 is 1.41 bits per heavy atom. The fourth-order valence-electron chi connectivity index (χ4n) is 4.23. The molecule has 0 heterocycles. The van der Waals surface area contributed by atoms with Gasteiger partial charge in [0.15, 0.2) is 5.78 Å². The van der Waals surface area contributed by atoms with Gasteiger partial charge in [-0.2, -0.15) is 8.42 Å². The topological polar surface area (TPSA) is 60.4 Å². The molecule has 0 aliphatic heterocycles. The van der Waals surface area contributed by atoms with Crippen LogP contribution in [0.5, 0.6) is 0 Å². The van der Waals surface area contributed by atoms with Crippen LogP contribution in [-0.4, -0.2) is 20.5 Å². The molecule has 0 saturated carbocycles. The maximum atomic E-state index is 13.9. The maximum Gasteiger partial charge on any atom is 0.274 e. The van der Waals surface area contributed by atoms with Crippen molar-refractivity contribution in [3.05, 3.63) is 150 Å². The minimum Gasteiger partial charge on any atom is -0.289 e. The highest BCUT2D eigenvalue weighted by molar-refractivity contribution is 8.33. The summed E-state index contributed by atoms with van der Waals surface area (Å²) in [6, 6.07) is 34.5. The van der Waals surface area contributed by atoms with Crippen LogP contribution < -0.4 is 0 Å². The van der Waals surface area contributed by atoms with Gasteiger partial charge in [-0.25, -0.2) is 12.4 Å². The molecule has 0 aliphatic carbocycles. The highest BCUT2D eigenvalue weighted by Gasteiger charge is 2.36. The fourth-order valence-corrected chi connectivity index (χ4v) is 9.85. The van der Waals surface area contributed by atoms with Gasteiger partial charge < -0.3 is 0 Å². The van der Waals surface area contributed by atoms with Crippen LogP contribution in [0.15, 0.2) is 152 Å². The molecule has 0 atom stereocenters. The van der Waals surface area contributed by atoms with Gasteiger partial charge in [-0.05, 0) is 107 Å². The molecule has 4 nitrogen and oxygen atoms in total. The lowest BCUT2D eigenvalue weighted by Gasteiger charge is -2.39. The molecular weight excluding hydrogens is 583 g/mol. The van der Waals surface area contributed by atoms with Crippen LogP contribution in [0.4, 0.5) is 8.78 Å². The highest BCUT2D eigenvalue weighted by atomic mass is 32.3. The summed E-state index contributed by atoms with van der Waals surface area (Å²) in [6.07, 6.45) is 0.957. The zero-order chi connectivity index (χ0) is 29.0. The van der Waals surface area contributed by atoms with Gasteiger partial charge in [-0.3, -0.25) is 4.79 Å². The number of rotatable bonds is 9. The van der Waals surface area contributed by atoms with Crippen LogP contribution in [-0.2, 0) is 13.7 Å². The fraction of sp³-hybridized carbons (Fsp3) is 0.0312. The Balaban J connectivity index is 1.49. The second kappa shape index (κ2) is 12.0. The molecule has 0 spiro atoms. The van der Waals surface area contributed by atoms with Gasteiger partial charge in [0, 0.05) is 35.6 Å². The molecule has 0 N–H and O–H groups in total. The Labute approximate surface area is 243 Å². The molecule has 5 rings (SSSR count). The molecule has 0 radical (unpaired) electrons. The third-order valence-electron chi connectivity index (χ3n) is 6.06. The van der Waals surface area contributed by atoms with Crippen LogP contribution in [0.3, 0.4) is 0 Å². The third-order valence-corrected chi connectivity index (χ3v) is 11.7. The maximum absolute atomic E-state index is 13.9. The quantitative estimate of drug-likeness (QED) is 0.157. The van der Waals surface area contributed by atoms with Gasteiger partial charge >= 0.3 is 0 Å². The molecule has 41 heavy (non-hydrogen) atoms. The van der Waals surface area contributed by atoms with Crippen molar-refractivity contribution in [3.8, 4) is 0 Å². The van der Waals surface area contributed by atoms with Crippen LogP contribution in [0.25, 0.3) is 0 Å². The van der Waals surface area contributed by atoms with Gasteiger partial charge in [0.2, 0.25) is 0 Å². The SMILES string of the molecule is CS(=O)(=O)OS(c1ccc(F)cc1)(c1ccc(F)cc1)c1ccc(Sc2ccc(C(=O)c3ccccc3)cc2)cc1. The van der Waals surface area contributed by atoms with E-state index in [4.69, 9.17) is 3.63 Å².